The number of aliphatic hydroxyl groups excluding tert-OH is 1. The Morgan fingerprint density at radius 2 is 2.00 bits per heavy atom. The lowest BCUT2D eigenvalue weighted by Gasteiger charge is -2.35. The van der Waals surface area contributed by atoms with Gasteiger partial charge in [0.25, 0.3) is 0 Å². The molecule has 0 aromatic heterocycles. The summed E-state index contributed by atoms with van der Waals surface area (Å²) < 4.78 is 5.13. The van der Waals surface area contributed by atoms with Crippen LogP contribution in [0.15, 0.2) is 12.8 Å². The lowest BCUT2D eigenvalue weighted by atomic mass is 9.76. The Morgan fingerprint density at radius 3 is 2.40 bits per heavy atom. The van der Waals surface area contributed by atoms with E-state index in [0.717, 1.165) is 12.8 Å². The highest BCUT2D eigenvalue weighted by Crippen LogP contribution is 2.31. The van der Waals surface area contributed by atoms with Crippen LogP contribution in [0.3, 0.4) is 0 Å². The van der Waals surface area contributed by atoms with Crippen molar-refractivity contribution in [2.24, 2.45) is 11.1 Å². The maximum Gasteiger partial charge on any atom is 0.105 e. The number of hydrogen-bond acceptors (Lipinski definition) is 3. The summed E-state index contributed by atoms with van der Waals surface area (Å²) >= 11 is 0. The van der Waals surface area contributed by atoms with Crippen molar-refractivity contribution < 1.29 is 9.84 Å². The second-order valence-corrected chi connectivity index (χ2v) is 5.53. The zero-order valence-corrected chi connectivity index (χ0v) is 10.4. The monoisotopic (exact) mass is 215 g/mol. The van der Waals surface area contributed by atoms with Crippen LogP contribution in [0.25, 0.3) is 0 Å². The van der Waals surface area contributed by atoms with Crippen LogP contribution < -0.4 is 5.73 Å². The van der Waals surface area contributed by atoms with Gasteiger partial charge in [-0.3, -0.25) is 0 Å². The Morgan fingerprint density at radius 1 is 1.47 bits per heavy atom. The molecule has 0 bridgehead atoms. The number of ether oxygens (including phenoxy) is 1. The van der Waals surface area contributed by atoms with Crippen LogP contribution >= 0.6 is 0 Å². The fourth-order valence-corrected chi connectivity index (χ4v) is 2.27. The van der Waals surface area contributed by atoms with Gasteiger partial charge in [-0.1, -0.05) is 20.4 Å². The average molecular weight is 215 g/mol. The van der Waals surface area contributed by atoms with Crippen molar-refractivity contribution in [3.8, 4) is 0 Å². The lowest BCUT2D eigenvalue weighted by Crippen LogP contribution is -2.45. The molecule has 90 valence electrons. The van der Waals surface area contributed by atoms with Gasteiger partial charge in [0.05, 0.1) is 12.4 Å². The molecular weight excluding hydrogens is 190 g/mol. The number of hydrogen-bond donors (Lipinski definition) is 2. The molecule has 0 spiro atoms. The molecule has 15 heavy (non-hydrogen) atoms. The predicted octanol–water partition coefficient (Wildman–Crippen LogP) is 2.05. The topological polar surface area (TPSA) is 55.5 Å². The standard InChI is InChI=1S/C12H25NO2/c1-6-15-9-12(5,13)8-11(3,4)7-10(2)14/h6,10,14H,1,7-9,13H2,2-5H3. The van der Waals surface area contributed by atoms with Gasteiger partial charge in [0.1, 0.15) is 6.61 Å². The van der Waals surface area contributed by atoms with Crippen LogP contribution in [0.5, 0.6) is 0 Å². The maximum atomic E-state index is 9.37. The van der Waals surface area contributed by atoms with Crippen molar-refractivity contribution in [3.05, 3.63) is 12.8 Å². The first-order chi connectivity index (χ1) is 6.68. The van der Waals surface area contributed by atoms with Gasteiger partial charge in [0, 0.05) is 5.54 Å². The molecule has 0 aliphatic rings. The average Bonchev–Trinajstić information content (AvgIpc) is 1.95. The van der Waals surface area contributed by atoms with E-state index >= 15 is 0 Å². The minimum Gasteiger partial charge on any atom is -0.500 e. The summed E-state index contributed by atoms with van der Waals surface area (Å²) in [6, 6.07) is 0. The highest BCUT2D eigenvalue weighted by Gasteiger charge is 2.30. The fraction of sp³-hybridized carbons (Fsp3) is 0.833. The summed E-state index contributed by atoms with van der Waals surface area (Å²) in [4.78, 5) is 0. The minimum atomic E-state index is -0.382. The highest BCUT2D eigenvalue weighted by atomic mass is 16.5. The smallest absolute Gasteiger partial charge is 0.105 e. The first kappa shape index (κ1) is 14.5. The van der Waals surface area contributed by atoms with Gasteiger partial charge in [-0.15, -0.1) is 0 Å². The van der Waals surface area contributed by atoms with Crippen molar-refractivity contribution in [3.63, 3.8) is 0 Å². The van der Waals surface area contributed by atoms with E-state index in [1.807, 2.05) is 6.92 Å². The van der Waals surface area contributed by atoms with E-state index in [1.54, 1.807) is 6.92 Å². The van der Waals surface area contributed by atoms with Gasteiger partial charge < -0.3 is 15.6 Å². The summed E-state index contributed by atoms with van der Waals surface area (Å²) in [7, 11) is 0. The van der Waals surface area contributed by atoms with Crippen molar-refractivity contribution in [2.45, 2.75) is 52.2 Å². The second-order valence-electron chi connectivity index (χ2n) is 5.53. The molecule has 0 aromatic rings. The molecule has 0 heterocycles. The van der Waals surface area contributed by atoms with Gasteiger partial charge >= 0.3 is 0 Å². The van der Waals surface area contributed by atoms with E-state index in [9.17, 15) is 5.11 Å². The number of rotatable bonds is 7. The highest BCUT2D eigenvalue weighted by molar-refractivity contribution is 4.87. The molecule has 0 radical (unpaired) electrons. The van der Waals surface area contributed by atoms with E-state index in [1.165, 1.54) is 6.26 Å². The van der Waals surface area contributed by atoms with Crippen molar-refractivity contribution in [2.75, 3.05) is 6.61 Å². The summed E-state index contributed by atoms with van der Waals surface area (Å²) in [6.07, 6.45) is 2.66. The molecule has 0 aliphatic heterocycles. The molecule has 0 saturated carbocycles. The molecule has 0 aliphatic carbocycles. The molecule has 0 fully saturated rings. The predicted molar refractivity (Wildman–Crippen MR) is 63.4 cm³/mol. The minimum absolute atomic E-state index is 0.0161. The third-order valence-electron chi connectivity index (χ3n) is 2.26. The van der Waals surface area contributed by atoms with Gasteiger partial charge in [-0.25, -0.2) is 0 Å². The van der Waals surface area contributed by atoms with Crippen LogP contribution in [-0.4, -0.2) is 23.4 Å². The first-order valence-electron chi connectivity index (χ1n) is 5.38. The van der Waals surface area contributed by atoms with Crippen LogP contribution in [0.4, 0.5) is 0 Å². The third-order valence-corrected chi connectivity index (χ3v) is 2.26. The van der Waals surface area contributed by atoms with Gasteiger partial charge in [0.15, 0.2) is 0 Å². The van der Waals surface area contributed by atoms with Crippen LogP contribution in [0.2, 0.25) is 0 Å². The second kappa shape index (κ2) is 5.52. The molecule has 0 aromatic carbocycles. The van der Waals surface area contributed by atoms with Crippen LogP contribution in [0, 0.1) is 5.41 Å². The molecule has 2 atom stereocenters. The third kappa shape index (κ3) is 7.40. The molecule has 3 nitrogen and oxygen atoms in total. The summed E-state index contributed by atoms with van der Waals surface area (Å²) in [5.41, 5.74) is 5.74. The Hall–Kier alpha value is -0.540. The molecule has 3 N–H and O–H groups in total. The Kier molecular flexibility index (Phi) is 5.32. The van der Waals surface area contributed by atoms with E-state index in [4.69, 9.17) is 10.5 Å². The summed E-state index contributed by atoms with van der Waals surface area (Å²) in [5.74, 6) is 0. The van der Waals surface area contributed by atoms with Crippen molar-refractivity contribution in [1.82, 2.24) is 0 Å². The number of aliphatic hydroxyl groups is 1. The molecule has 0 amide bonds. The van der Waals surface area contributed by atoms with Gasteiger partial charge in [-0.05, 0) is 32.1 Å². The zero-order chi connectivity index (χ0) is 12.1. The van der Waals surface area contributed by atoms with E-state index in [2.05, 4.69) is 20.4 Å². The summed E-state index contributed by atoms with van der Waals surface area (Å²) in [6.45, 7) is 11.9. The Labute approximate surface area is 93.3 Å². The van der Waals surface area contributed by atoms with E-state index in [-0.39, 0.29) is 17.1 Å². The van der Waals surface area contributed by atoms with Crippen LogP contribution in [-0.2, 0) is 4.74 Å². The van der Waals surface area contributed by atoms with Crippen molar-refractivity contribution >= 4 is 0 Å². The summed E-state index contributed by atoms with van der Waals surface area (Å²) in [5, 5.41) is 9.37. The fourth-order valence-electron chi connectivity index (χ4n) is 2.27. The maximum absolute atomic E-state index is 9.37. The molecule has 2 unspecified atom stereocenters. The SMILES string of the molecule is C=COCC(C)(N)CC(C)(C)CC(C)O. The first-order valence-corrected chi connectivity index (χ1v) is 5.38. The lowest BCUT2D eigenvalue weighted by molar-refractivity contribution is 0.0883. The zero-order valence-electron chi connectivity index (χ0n) is 10.4. The van der Waals surface area contributed by atoms with Crippen molar-refractivity contribution in [1.29, 1.82) is 0 Å². The molecule has 3 heteroatoms. The largest absolute Gasteiger partial charge is 0.500 e. The Balaban J connectivity index is 4.22. The molecular formula is C12H25NO2. The number of nitrogens with two attached hydrogens (primary N) is 1. The Bertz CT molecular complexity index is 198. The van der Waals surface area contributed by atoms with E-state index in [0.29, 0.717) is 6.61 Å². The van der Waals surface area contributed by atoms with E-state index < -0.39 is 0 Å². The van der Waals surface area contributed by atoms with Crippen LogP contribution in [0.1, 0.15) is 40.5 Å². The molecule has 0 rings (SSSR count). The molecule has 0 saturated heterocycles. The normalized spacial score (nSPS) is 18.0. The van der Waals surface area contributed by atoms with Gasteiger partial charge in [-0.2, -0.15) is 0 Å². The van der Waals surface area contributed by atoms with Gasteiger partial charge in [0.2, 0.25) is 0 Å². The quantitative estimate of drug-likeness (QED) is 0.639.